The normalized spacial score (nSPS) is 17.8. The van der Waals surface area contributed by atoms with E-state index in [2.05, 4.69) is 11.8 Å². The fraction of sp³-hybridized carbons (Fsp3) is 0.562. The summed E-state index contributed by atoms with van der Waals surface area (Å²) in [6.45, 7) is 6.53. The minimum absolute atomic E-state index is 0.268. The maximum Gasteiger partial charge on any atom is 0.340 e. The molecule has 5 heteroatoms. The van der Waals surface area contributed by atoms with Crippen LogP contribution in [-0.2, 0) is 9.47 Å². The van der Waals surface area contributed by atoms with Crippen LogP contribution < -0.4 is 10.6 Å². The van der Waals surface area contributed by atoms with Gasteiger partial charge in [-0.05, 0) is 44.4 Å². The number of anilines is 2. The first kappa shape index (κ1) is 15.6. The number of nitrogen functional groups attached to an aromatic ring is 1. The second-order valence-corrected chi connectivity index (χ2v) is 5.39. The van der Waals surface area contributed by atoms with E-state index >= 15 is 0 Å². The molecule has 0 spiro atoms. The monoisotopic (exact) mass is 292 g/mol. The van der Waals surface area contributed by atoms with E-state index in [4.69, 9.17) is 15.2 Å². The molecule has 2 N–H and O–H groups in total. The second kappa shape index (κ2) is 6.80. The van der Waals surface area contributed by atoms with Crippen LogP contribution in [0.25, 0.3) is 0 Å². The van der Waals surface area contributed by atoms with Gasteiger partial charge in [0.1, 0.15) is 0 Å². The summed E-state index contributed by atoms with van der Waals surface area (Å²) in [5, 5.41) is 0. The molecule has 0 aromatic heterocycles. The van der Waals surface area contributed by atoms with Gasteiger partial charge in [0.25, 0.3) is 0 Å². The van der Waals surface area contributed by atoms with Gasteiger partial charge < -0.3 is 20.1 Å². The SMILES string of the molecule is CCN(CC1CCCO1)c1cc(C)c(N)c(C(=O)OC)c1. The Morgan fingerprint density at radius 2 is 2.29 bits per heavy atom. The largest absolute Gasteiger partial charge is 0.465 e. The highest BCUT2D eigenvalue weighted by Crippen LogP contribution is 2.27. The van der Waals surface area contributed by atoms with Gasteiger partial charge in [0.2, 0.25) is 0 Å². The lowest BCUT2D eigenvalue weighted by Gasteiger charge is -2.27. The number of carbonyl (C=O) groups is 1. The number of nitrogens with two attached hydrogens (primary N) is 1. The highest BCUT2D eigenvalue weighted by atomic mass is 16.5. The van der Waals surface area contributed by atoms with Crippen LogP contribution in [-0.4, -0.2) is 38.9 Å². The minimum atomic E-state index is -0.398. The molecule has 1 saturated heterocycles. The lowest BCUT2D eigenvalue weighted by Crippen LogP contribution is -2.32. The van der Waals surface area contributed by atoms with Gasteiger partial charge >= 0.3 is 5.97 Å². The molecule has 0 bridgehead atoms. The standard InChI is InChI=1S/C16H24N2O3/c1-4-18(10-13-6-5-7-21-13)12-8-11(2)15(17)14(9-12)16(19)20-3/h8-9,13H,4-7,10,17H2,1-3H3. The fourth-order valence-electron chi connectivity index (χ4n) is 2.69. The van der Waals surface area contributed by atoms with Crippen molar-refractivity contribution in [1.29, 1.82) is 0 Å². The van der Waals surface area contributed by atoms with Gasteiger partial charge in [0.15, 0.2) is 0 Å². The molecule has 0 saturated carbocycles. The lowest BCUT2D eigenvalue weighted by atomic mass is 10.1. The van der Waals surface area contributed by atoms with Crippen LogP contribution in [0.4, 0.5) is 11.4 Å². The van der Waals surface area contributed by atoms with Crippen LogP contribution in [0.3, 0.4) is 0 Å². The quantitative estimate of drug-likeness (QED) is 0.666. The number of hydrogen-bond acceptors (Lipinski definition) is 5. The number of esters is 1. The van der Waals surface area contributed by atoms with Gasteiger partial charge in [-0.1, -0.05) is 0 Å². The number of nitrogens with zero attached hydrogens (tertiary/aromatic N) is 1. The molecule has 0 radical (unpaired) electrons. The maximum absolute atomic E-state index is 11.8. The zero-order chi connectivity index (χ0) is 15.4. The number of likely N-dealkylation sites (N-methyl/N-ethyl adjacent to an activating group) is 1. The summed E-state index contributed by atoms with van der Waals surface area (Å²) in [6, 6.07) is 3.83. The van der Waals surface area contributed by atoms with Crippen molar-refractivity contribution in [3.63, 3.8) is 0 Å². The Labute approximate surface area is 126 Å². The number of aryl methyl sites for hydroxylation is 1. The van der Waals surface area contributed by atoms with E-state index in [0.29, 0.717) is 11.3 Å². The second-order valence-electron chi connectivity index (χ2n) is 5.39. The first-order valence-corrected chi connectivity index (χ1v) is 7.41. The van der Waals surface area contributed by atoms with Gasteiger partial charge in [0, 0.05) is 31.1 Å². The van der Waals surface area contributed by atoms with Gasteiger partial charge in [-0.25, -0.2) is 4.79 Å². The number of methoxy groups -OCH3 is 1. The van der Waals surface area contributed by atoms with Crippen LogP contribution in [0.1, 0.15) is 35.7 Å². The molecule has 2 rings (SSSR count). The highest BCUT2D eigenvalue weighted by Gasteiger charge is 2.21. The summed E-state index contributed by atoms with van der Waals surface area (Å²) in [7, 11) is 1.37. The summed E-state index contributed by atoms with van der Waals surface area (Å²) in [6.07, 6.45) is 2.48. The topological polar surface area (TPSA) is 64.8 Å². The van der Waals surface area contributed by atoms with Crippen molar-refractivity contribution in [3.8, 4) is 0 Å². The van der Waals surface area contributed by atoms with Crippen LogP contribution in [0.2, 0.25) is 0 Å². The van der Waals surface area contributed by atoms with Gasteiger partial charge in [-0.2, -0.15) is 0 Å². The zero-order valence-corrected chi connectivity index (χ0v) is 13.0. The summed E-state index contributed by atoms with van der Waals surface area (Å²) in [4.78, 5) is 14.1. The molecule has 1 fully saturated rings. The van der Waals surface area contributed by atoms with Crippen molar-refractivity contribution < 1.29 is 14.3 Å². The Kier molecular flexibility index (Phi) is 5.07. The molecule has 1 aliphatic heterocycles. The predicted octanol–water partition coefficient (Wildman–Crippen LogP) is 2.37. The summed E-state index contributed by atoms with van der Waals surface area (Å²) >= 11 is 0. The Bertz CT molecular complexity index is 510. The van der Waals surface area contributed by atoms with Gasteiger partial charge in [-0.3, -0.25) is 0 Å². The zero-order valence-electron chi connectivity index (χ0n) is 13.0. The van der Waals surface area contributed by atoms with Crippen molar-refractivity contribution in [1.82, 2.24) is 0 Å². The summed E-state index contributed by atoms with van der Waals surface area (Å²) in [5.41, 5.74) is 8.78. The van der Waals surface area contributed by atoms with Crippen LogP contribution in [0, 0.1) is 6.92 Å². The molecule has 1 heterocycles. The third-order valence-electron chi connectivity index (χ3n) is 3.97. The molecular weight excluding hydrogens is 268 g/mol. The van der Waals surface area contributed by atoms with Crippen LogP contribution in [0.5, 0.6) is 0 Å². The molecule has 5 nitrogen and oxygen atoms in total. The van der Waals surface area contributed by atoms with Crippen molar-refractivity contribution in [2.75, 3.05) is 37.4 Å². The molecule has 1 atom stereocenters. The van der Waals surface area contributed by atoms with E-state index < -0.39 is 5.97 Å². The molecule has 1 aliphatic rings. The third-order valence-corrected chi connectivity index (χ3v) is 3.97. The van der Waals surface area contributed by atoms with Crippen molar-refractivity contribution in [2.24, 2.45) is 0 Å². The van der Waals surface area contributed by atoms with E-state index in [-0.39, 0.29) is 6.10 Å². The number of carbonyl (C=O) groups excluding carboxylic acids is 1. The third kappa shape index (κ3) is 3.47. The molecule has 0 amide bonds. The van der Waals surface area contributed by atoms with Gasteiger partial charge in [-0.15, -0.1) is 0 Å². The Morgan fingerprint density at radius 3 is 2.86 bits per heavy atom. The van der Waals surface area contributed by atoms with E-state index in [1.54, 1.807) is 0 Å². The maximum atomic E-state index is 11.8. The smallest absolute Gasteiger partial charge is 0.340 e. The Morgan fingerprint density at radius 1 is 1.52 bits per heavy atom. The first-order chi connectivity index (χ1) is 10.1. The average molecular weight is 292 g/mol. The van der Waals surface area contributed by atoms with E-state index in [0.717, 1.165) is 43.8 Å². The molecule has 1 aromatic carbocycles. The number of hydrogen-bond donors (Lipinski definition) is 1. The highest BCUT2D eigenvalue weighted by molar-refractivity contribution is 5.97. The van der Waals surface area contributed by atoms with Gasteiger partial charge in [0.05, 0.1) is 18.8 Å². The molecule has 21 heavy (non-hydrogen) atoms. The number of ether oxygens (including phenoxy) is 2. The van der Waals surface area contributed by atoms with Crippen molar-refractivity contribution >= 4 is 17.3 Å². The predicted molar refractivity (Wildman–Crippen MR) is 83.8 cm³/mol. The van der Waals surface area contributed by atoms with Crippen molar-refractivity contribution in [3.05, 3.63) is 23.3 Å². The molecular formula is C16H24N2O3. The molecule has 1 unspecified atom stereocenters. The van der Waals surface area contributed by atoms with E-state index in [1.807, 2.05) is 19.1 Å². The minimum Gasteiger partial charge on any atom is -0.465 e. The van der Waals surface area contributed by atoms with Crippen molar-refractivity contribution in [2.45, 2.75) is 32.8 Å². The Balaban J connectivity index is 2.27. The summed E-state index contributed by atoms with van der Waals surface area (Å²) in [5.74, 6) is -0.398. The van der Waals surface area contributed by atoms with E-state index in [9.17, 15) is 4.79 Å². The number of rotatable bonds is 5. The summed E-state index contributed by atoms with van der Waals surface area (Å²) < 4.78 is 10.5. The Hall–Kier alpha value is -1.75. The molecule has 116 valence electrons. The molecule has 1 aromatic rings. The van der Waals surface area contributed by atoms with Crippen LogP contribution in [0.15, 0.2) is 12.1 Å². The van der Waals surface area contributed by atoms with Crippen LogP contribution >= 0.6 is 0 Å². The number of benzene rings is 1. The average Bonchev–Trinajstić information content (AvgIpc) is 2.99. The molecule has 0 aliphatic carbocycles. The lowest BCUT2D eigenvalue weighted by molar-refractivity contribution is 0.0602. The fourth-order valence-corrected chi connectivity index (χ4v) is 2.69. The van der Waals surface area contributed by atoms with E-state index in [1.165, 1.54) is 7.11 Å². The first-order valence-electron chi connectivity index (χ1n) is 7.41.